The summed E-state index contributed by atoms with van der Waals surface area (Å²) in [6, 6.07) is 5.63. The number of nitrogens with one attached hydrogen (secondary N) is 2. The number of alkyl carbamates (subject to hydrolysis) is 1. The Labute approximate surface area is 133 Å². The molecule has 2 N–H and O–H groups in total. The molecule has 0 saturated heterocycles. The van der Waals surface area contributed by atoms with E-state index < -0.39 is 11.7 Å². The van der Waals surface area contributed by atoms with Crippen molar-refractivity contribution in [3.8, 4) is 0 Å². The fraction of sp³-hybridized carbons (Fsp3) is 0.500. The van der Waals surface area contributed by atoms with E-state index in [0.717, 1.165) is 16.6 Å². The number of hydrogen-bond acceptors (Lipinski definition) is 3. The first-order valence-electron chi connectivity index (χ1n) is 6.44. The fourth-order valence-corrected chi connectivity index (χ4v) is 1.99. The summed E-state index contributed by atoms with van der Waals surface area (Å²) in [5, 5.41) is 6.60. The standard InChI is InChI=1S/C14H20BrClN2O2/c1-14(2,3)20-13(19)18-8-4-7-17-12-9-10(15)5-6-11(12)16/h5-6,9,17H,4,7-8H2,1-3H3,(H,18,19). The summed E-state index contributed by atoms with van der Waals surface area (Å²) in [6.07, 6.45) is 0.389. The summed E-state index contributed by atoms with van der Waals surface area (Å²) in [4.78, 5) is 11.4. The Bertz CT molecular complexity index is 461. The topological polar surface area (TPSA) is 50.4 Å². The van der Waals surface area contributed by atoms with Crippen LogP contribution in [0.15, 0.2) is 22.7 Å². The van der Waals surface area contributed by atoms with Gasteiger partial charge in [-0.1, -0.05) is 27.5 Å². The molecule has 1 aromatic carbocycles. The van der Waals surface area contributed by atoms with Gasteiger partial charge in [-0.25, -0.2) is 4.79 Å². The van der Waals surface area contributed by atoms with Crippen LogP contribution in [0.25, 0.3) is 0 Å². The molecule has 4 nitrogen and oxygen atoms in total. The van der Waals surface area contributed by atoms with Gasteiger partial charge in [-0.05, 0) is 45.4 Å². The highest BCUT2D eigenvalue weighted by molar-refractivity contribution is 9.10. The SMILES string of the molecule is CC(C)(C)OC(=O)NCCCNc1cc(Br)ccc1Cl. The molecule has 0 aliphatic carbocycles. The minimum atomic E-state index is -0.466. The molecule has 0 spiro atoms. The number of amides is 1. The Morgan fingerprint density at radius 1 is 1.35 bits per heavy atom. The monoisotopic (exact) mass is 362 g/mol. The van der Waals surface area contributed by atoms with Gasteiger partial charge in [0.2, 0.25) is 0 Å². The number of ether oxygens (including phenoxy) is 1. The first-order valence-corrected chi connectivity index (χ1v) is 7.61. The van der Waals surface area contributed by atoms with Crippen LogP contribution in [0, 0.1) is 0 Å². The van der Waals surface area contributed by atoms with E-state index in [1.807, 2.05) is 39.0 Å². The highest BCUT2D eigenvalue weighted by Crippen LogP contribution is 2.25. The van der Waals surface area contributed by atoms with Crippen LogP contribution in [0.2, 0.25) is 5.02 Å². The average molecular weight is 364 g/mol. The molecular formula is C14H20BrClN2O2. The molecule has 0 aliphatic heterocycles. The molecule has 1 rings (SSSR count). The number of hydrogen-bond donors (Lipinski definition) is 2. The van der Waals surface area contributed by atoms with Crippen molar-refractivity contribution in [3.63, 3.8) is 0 Å². The first kappa shape index (κ1) is 17.1. The van der Waals surface area contributed by atoms with E-state index in [9.17, 15) is 4.79 Å². The Morgan fingerprint density at radius 2 is 2.05 bits per heavy atom. The molecule has 0 saturated carbocycles. The lowest BCUT2D eigenvalue weighted by atomic mass is 10.2. The Balaban J connectivity index is 2.22. The van der Waals surface area contributed by atoms with Crippen LogP contribution in [0.4, 0.5) is 10.5 Å². The van der Waals surface area contributed by atoms with Gasteiger partial charge in [-0.2, -0.15) is 0 Å². The van der Waals surface area contributed by atoms with Gasteiger partial charge in [0.05, 0.1) is 10.7 Å². The van der Waals surface area contributed by atoms with E-state index in [-0.39, 0.29) is 0 Å². The molecule has 20 heavy (non-hydrogen) atoms. The molecule has 0 fully saturated rings. The zero-order chi connectivity index (χ0) is 15.2. The molecule has 6 heteroatoms. The highest BCUT2D eigenvalue weighted by atomic mass is 79.9. The van der Waals surface area contributed by atoms with Gasteiger partial charge < -0.3 is 15.4 Å². The van der Waals surface area contributed by atoms with Gasteiger partial charge >= 0.3 is 6.09 Å². The van der Waals surface area contributed by atoms with Crippen molar-refractivity contribution in [2.75, 3.05) is 18.4 Å². The smallest absolute Gasteiger partial charge is 0.407 e. The van der Waals surface area contributed by atoms with Gasteiger partial charge in [0.25, 0.3) is 0 Å². The minimum absolute atomic E-state index is 0.391. The molecular weight excluding hydrogens is 344 g/mol. The van der Waals surface area contributed by atoms with Crippen molar-refractivity contribution in [1.29, 1.82) is 0 Å². The normalized spacial score (nSPS) is 11.1. The average Bonchev–Trinajstić information content (AvgIpc) is 2.30. The van der Waals surface area contributed by atoms with Crippen molar-refractivity contribution >= 4 is 39.3 Å². The third-order valence-corrected chi connectivity index (χ3v) is 3.09. The summed E-state index contributed by atoms with van der Waals surface area (Å²) >= 11 is 9.45. The molecule has 0 bridgehead atoms. The van der Waals surface area contributed by atoms with E-state index in [4.69, 9.17) is 16.3 Å². The zero-order valence-electron chi connectivity index (χ0n) is 11.9. The first-order chi connectivity index (χ1) is 9.28. The van der Waals surface area contributed by atoms with E-state index in [1.54, 1.807) is 0 Å². The predicted molar refractivity (Wildman–Crippen MR) is 86.5 cm³/mol. The summed E-state index contributed by atoms with van der Waals surface area (Å²) in [7, 11) is 0. The Kier molecular flexibility index (Phi) is 6.62. The molecule has 112 valence electrons. The minimum Gasteiger partial charge on any atom is -0.444 e. The maximum Gasteiger partial charge on any atom is 0.407 e. The second kappa shape index (κ2) is 7.74. The summed E-state index contributed by atoms with van der Waals surface area (Å²) in [5.41, 5.74) is 0.407. The molecule has 1 aromatic rings. The van der Waals surface area contributed by atoms with Gasteiger partial charge in [-0.3, -0.25) is 0 Å². The van der Waals surface area contributed by atoms with Gasteiger partial charge in [0.15, 0.2) is 0 Å². The van der Waals surface area contributed by atoms with Crippen molar-refractivity contribution in [2.45, 2.75) is 32.8 Å². The maximum atomic E-state index is 11.4. The number of benzene rings is 1. The molecule has 0 unspecified atom stereocenters. The van der Waals surface area contributed by atoms with Crippen LogP contribution < -0.4 is 10.6 Å². The van der Waals surface area contributed by atoms with Crippen LogP contribution in [-0.2, 0) is 4.74 Å². The largest absolute Gasteiger partial charge is 0.444 e. The van der Waals surface area contributed by atoms with Crippen LogP contribution in [0.1, 0.15) is 27.2 Å². The van der Waals surface area contributed by atoms with Crippen molar-refractivity contribution in [3.05, 3.63) is 27.7 Å². The molecule has 0 heterocycles. The number of anilines is 1. The van der Waals surface area contributed by atoms with E-state index in [2.05, 4.69) is 26.6 Å². The van der Waals surface area contributed by atoms with Crippen LogP contribution in [0.3, 0.4) is 0 Å². The highest BCUT2D eigenvalue weighted by Gasteiger charge is 2.15. The molecule has 0 aromatic heterocycles. The third-order valence-electron chi connectivity index (χ3n) is 2.27. The van der Waals surface area contributed by atoms with Crippen molar-refractivity contribution < 1.29 is 9.53 Å². The quantitative estimate of drug-likeness (QED) is 0.761. The number of carbonyl (C=O) groups excluding carboxylic acids is 1. The van der Waals surface area contributed by atoms with E-state index >= 15 is 0 Å². The molecule has 0 radical (unpaired) electrons. The van der Waals surface area contributed by atoms with Crippen LogP contribution >= 0.6 is 27.5 Å². The zero-order valence-corrected chi connectivity index (χ0v) is 14.3. The summed E-state index contributed by atoms with van der Waals surface area (Å²) in [5.74, 6) is 0. The maximum absolute atomic E-state index is 11.4. The van der Waals surface area contributed by atoms with Gasteiger partial charge in [-0.15, -0.1) is 0 Å². The second-order valence-corrected chi connectivity index (χ2v) is 6.66. The van der Waals surface area contributed by atoms with Crippen molar-refractivity contribution in [2.24, 2.45) is 0 Å². The van der Waals surface area contributed by atoms with Gasteiger partial charge in [0, 0.05) is 17.6 Å². The second-order valence-electron chi connectivity index (χ2n) is 5.33. The van der Waals surface area contributed by atoms with Crippen LogP contribution in [0.5, 0.6) is 0 Å². The number of carbonyl (C=O) groups is 1. The van der Waals surface area contributed by atoms with Crippen molar-refractivity contribution in [1.82, 2.24) is 5.32 Å². The number of rotatable bonds is 5. The van der Waals surface area contributed by atoms with Gasteiger partial charge in [0.1, 0.15) is 5.60 Å². The third kappa shape index (κ3) is 7.01. The molecule has 0 aliphatic rings. The molecule has 1 amide bonds. The molecule has 0 atom stereocenters. The number of halogens is 2. The lowest BCUT2D eigenvalue weighted by Gasteiger charge is -2.19. The van der Waals surface area contributed by atoms with Crippen LogP contribution in [-0.4, -0.2) is 24.8 Å². The predicted octanol–water partition coefficient (Wildman–Crippen LogP) is 4.43. The Hall–Kier alpha value is -0.940. The Morgan fingerprint density at radius 3 is 2.70 bits per heavy atom. The van der Waals surface area contributed by atoms with E-state index in [0.29, 0.717) is 18.1 Å². The lowest BCUT2D eigenvalue weighted by Crippen LogP contribution is -2.33. The fourth-order valence-electron chi connectivity index (χ4n) is 1.45. The summed E-state index contributed by atoms with van der Waals surface area (Å²) in [6.45, 7) is 6.77. The lowest BCUT2D eigenvalue weighted by molar-refractivity contribution is 0.0528. The van der Waals surface area contributed by atoms with E-state index in [1.165, 1.54) is 0 Å². The summed E-state index contributed by atoms with van der Waals surface area (Å²) < 4.78 is 6.11.